The minimum atomic E-state index is -0.557. The Bertz CT molecular complexity index is 1170. The summed E-state index contributed by atoms with van der Waals surface area (Å²) < 4.78 is 3.57. The van der Waals surface area contributed by atoms with Crippen LogP contribution in [0.3, 0.4) is 0 Å². The molecule has 1 aliphatic carbocycles. The number of nitrogens with one attached hydrogen (secondary N) is 2. The molecule has 0 aliphatic heterocycles. The van der Waals surface area contributed by atoms with Gasteiger partial charge in [0.2, 0.25) is 5.95 Å². The fourth-order valence-electron chi connectivity index (χ4n) is 4.00. The molecule has 4 aromatic rings. The monoisotopic (exact) mass is 392 g/mol. The molecule has 0 spiro atoms. The summed E-state index contributed by atoms with van der Waals surface area (Å²) in [5.74, 6) is 1.32. The number of fused-ring (bicyclic) bond motifs is 2. The van der Waals surface area contributed by atoms with E-state index >= 15 is 0 Å². The van der Waals surface area contributed by atoms with Gasteiger partial charge in [-0.05, 0) is 44.7 Å². The summed E-state index contributed by atoms with van der Waals surface area (Å²) in [4.78, 5) is 9.40. The van der Waals surface area contributed by atoms with Gasteiger partial charge in [-0.15, -0.1) is 5.10 Å². The van der Waals surface area contributed by atoms with E-state index < -0.39 is 5.60 Å². The van der Waals surface area contributed by atoms with Crippen molar-refractivity contribution in [2.75, 3.05) is 17.7 Å². The van der Waals surface area contributed by atoms with Crippen molar-refractivity contribution in [3.63, 3.8) is 0 Å². The molecule has 0 amide bonds. The lowest BCUT2D eigenvalue weighted by molar-refractivity contribution is 0.0195. The molecule has 4 heterocycles. The van der Waals surface area contributed by atoms with Crippen LogP contribution in [0.4, 0.5) is 11.8 Å². The van der Waals surface area contributed by atoms with Crippen LogP contribution in [-0.2, 0) is 0 Å². The average molecular weight is 392 g/mol. The molecular formula is C20H24N8O. The van der Waals surface area contributed by atoms with Crippen LogP contribution < -0.4 is 10.6 Å². The van der Waals surface area contributed by atoms with Crippen molar-refractivity contribution in [3.05, 3.63) is 36.8 Å². The number of aromatic nitrogens is 6. The molecule has 0 saturated heterocycles. The fourth-order valence-corrected chi connectivity index (χ4v) is 4.00. The minimum absolute atomic E-state index is 0.262. The van der Waals surface area contributed by atoms with E-state index in [-0.39, 0.29) is 6.04 Å². The predicted octanol–water partition coefficient (Wildman–Crippen LogP) is 2.59. The summed E-state index contributed by atoms with van der Waals surface area (Å²) in [5, 5.41) is 25.6. The SMILES string of the molecule is CNc1nc(NC2CCC(C)(O)CC2)nn2ccc(-c3ccn4nccc4n3)c12. The summed E-state index contributed by atoms with van der Waals surface area (Å²) in [6.07, 6.45) is 8.91. The Morgan fingerprint density at radius 3 is 2.69 bits per heavy atom. The molecule has 9 nitrogen and oxygen atoms in total. The molecule has 0 unspecified atom stereocenters. The van der Waals surface area contributed by atoms with Crippen molar-refractivity contribution in [2.24, 2.45) is 0 Å². The maximum atomic E-state index is 10.2. The smallest absolute Gasteiger partial charge is 0.243 e. The van der Waals surface area contributed by atoms with Crippen molar-refractivity contribution in [1.82, 2.24) is 29.2 Å². The lowest BCUT2D eigenvalue weighted by Crippen LogP contribution is -2.36. The van der Waals surface area contributed by atoms with Crippen LogP contribution in [-0.4, -0.2) is 53.0 Å². The first kappa shape index (κ1) is 17.9. The summed E-state index contributed by atoms with van der Waals surface area (Å²) in [6, 6.07) is 6.08. The van der Waals surface area contributed by atoms with Crippen molar-refractivity contribution >= 4 is 22.9 Å². The van der Waals surface area contributed by atoms with Crippen LogP contribution in [0.5, 0.6) is 0 Å². The van der Waals surface area contributed by atoms with E-state index in [1.165, 1.54) is 0 Å². The van der Waals surface area contributed by atoms with Crippen molar-refractivity contribution in [3.8, 4) is 11.3 Å². The predicted molar refractivity (Wildman–Crippen MR) is 111 cm³/mol. The van der Waals surface area contributed by atoms with Gasteiger partial charge in [-0.3, -0.25) is 0 Å². The van der Waals surface area contributed by atoms with Crippen LogP contribution in [0, 0.1) is 0 Å². The first-order chi connectivity index (χ1) is 14.0. The zero-order valence-corrected chi connectivity index (χ0v) is 16.5. The average Bonchev–Trinajstić information content (AvgIpc) is 3.35. The standard InChI is InChI=1S/C20H24N8O/c1-20(29)8-3-13(4-9-20)23-19-25-18(21-2)17-14(6-11-28(17)26-19)15-7-12-27-16(24-15)5-10-22-27/h5-7,10-13,29H,3-4,8-9H2,1-2H3,(H2,21,23,25,26). The number of hydrogen-bond donors (Lipinski definition) is 3. The molecule has 29 heavy (non-hydrogen) atoms. The third-order valence-corrected chi connectivity index (χ3v) is 5.68. The first-order valence-electron chi connectivity index (χ1n) is 9.89. The lowest BCUT2D eigenvalue weighted by Gasteiger charge is -2.33. The van der Waals surface area contributed by atoms with Crippen LogP contribution >= 0.6 is 0 Å². The van der Waals surface area contributed by atoms with Crippen LogP contribution in [0.25, 0.3) is 22.4 Å². The van der Waals surface area contributed by atoms with E-state index in [1.54, 1.807) is 10.7 Å². The second kappa shape index (κ2) is 6.70. The molecular weight excluding hydrogens is 368 g/mol. The number of aliphatic hydroxyl groups is 1. The number of rotatable bonds is 4. The molecule has 1 fully saturated rings. The highest BCUT2D eigenvalue weighted by Crippen LogP contribution is 2.31. The molecule has 0 radical (unpaired) electrons. The molecule has 0 atom stereocenters. The van der Waals surface area contributed by atoms with Crippen LogP contribution in [0.15, 0.2) is 36.8 Å². The van der Waals surface area contributed by atoms with E-state index in [0.717, 1.165) is 53.9 Å². The van der Waals surface area contributed by atoms with E-state index in [4.69, 9.17) is 9.97 Å². The Hall–Kier alpha value is -3.20. The van der Waals surface area contributed by atoms with Gasteiger partial charge in [0.05, 0.1) is 17.5 Å². The molecule has 1 saturated carbocycles. The topological polar surface area (TPSA) is 105 Å². The minimum Gasteiger partial charge on any atom is -0.390 e. The first-order valence-corrected chi connectivity index (χ1v) is 9.89. The fraction of sp³-hybridized carbons (Fsp3) is 0.400. The summed E-state index contributed by atoms with van der Waals surface area (Å²) in [6.45, 7) is 1.90. The molecule has 5 rings (SSSR count). The molecule has 150 valence electrons. The molecule has 4 aromatic heterocycles. The van der Waals surface area contributed by atoms with Gasteiger partial charge in [0.1, 0.15) is 5.52 Å². The van der Waals surface area contributed by atoms with Gasteiger partial charge in [-0.2, -0.15) is 10.1 Å². The highest BCUT2D eigenvalue weighted by Gasteiger charge is 2.29. The number of hydrogen-bond acceptors (Lipinski definition) is 7. The molecule has 0 aromatic carbocycles. The Morgan fingerprint density at radius 1 is 1.10 bits per heavy atom. The zero-order valence-electron chi connectivity index (χ0n) is 16.5. The van der Waals surface area contributed by atoms with E-state index in [2.05, 4.69) is 20.8 Å². The normalized spacial score (nSPS) is 22.2. The quantitative estimate of drug-likeness (QED) is 0.490. The number of nitrogens with zero attached hydrogens (tertiary/aromatic N) is 6. The highest BCUT2D eigenvalue weighted by molar-refractivity contribution is 5.87. The van der Waals surface area contributed by atoms with E-state index in [9.17, 15) is 5.11 Å². The van der Waals surface area contributed by atoms with Gasteiger partial charge in [-0.25, -0.2) is 14.0 Å². The van der Waals surface area contributed by atoms with E-state index in [1.807, 2.05) is 49.1 Å². The van der Waals surface area contributed by atoms with Gasteiger partial charge >= 0.3 is 0 Å². The largest absolute Gasteiger partial charge is 0.390 e. The number of anilines is 2. The van der Waals surface area contributed by atoms with Gasteiger partial charge < -0.3 is 15.7 Å². The van der Waals surface area contributed by atoms with E-state index in [0.29, 0.717) is 5.95 Å². The summed E-state index contributed by atoms with van der Waals surface area (Å²) >= 11 is 0. The Labute approximate surface area is 167 Å². The second-order valence-corrected chi connectivity index (χ2v) is 7.92. The second-order valence-electron chi connectivity index (χ2n) is 7.92. The highest BCUT2D eigenvalue weighted by atomic mass is 16.3. The van der Waals surface area contributed by atoms with Gasteiger partial charge in [0.15, 0.2) is 11.5 Å². The maximum Gasteiger partial charge on any atom is 0.243 e. The third-order valence-electron chi connectivity index (χ3n) is 5.68. The lowest BCUT2D eigenvalue weighted by atomic mass is 9.84. The maximum absolute atomic E-state index is 10.2. The van der Waals surface area contributed by atoms with Crippen molar-refractivity contribution < 1.29 is 5.11 Å². The molecule has 1 aliphatic rings. The van der Waals surface area contributed by atoms with Gasteiger partial charge in [-0.1, -0.05) is 0 Å². The zero-order chi connectivity index (χ0) is 20.0. The van der Waals surface area contributed by atoms with Crippen molar-refractivity contribution in [1.29, 1.82) is 0 Å². The Balaban J connectivity index is 1.49. The molecule has 0 bridgehead atoms. The van der Waals surface area contributed by atoms with Crippen LogP contribution in [0.2, 0.25) is 0 Å². The van der Waals surface area contributed by atoms with Crippen molar-refractivity contribution in [2.45, 2.75) is 44.2 Å². The van der Waals surface area contributed by atoms with Gasteiger partial charge in [0, 0.05) is 37.1 Å². The molecule has 3 N–H and O–H groups in total. The third kappa shape index (κ3) is 3.27. The summed E-state index contributed by atoms with van der Waals surface area (Å²) in [7, 11) is 1.86. The van der Waals surface area contributed by atoms with Gasteiger partial charge in [0.25, 0.3) is 0 Å². The summed E-state index contributed by atoms with van der Waals surface area (Å²) in [5.41, 5.74) is 2.91. The van der Waals surface area contributed by atoms with Crippen LogP contribution in [0.1, 0.15) is 32.6 Å². The molecule has 9 heteroatoms. The Kier molecular flexibility index (Phi) is 4.13. The Morgan fingerprint density at radius 2 is 1.90 bits per heavy atom.